The van der Waals surface area contributed by atoms with Crippen LogP contribution in [0, 0.1) is 0 Å². The molecule has 1 unspecified atom stereocenters. The molecule has 0 bridgehead atoms. The van der Waals surface area contributed by atoms with E-state index >= 15 is 0 Å². The Morgan fingerprint density at radius 1 is 1.50 bits per heavy atom. The number of aliphatic hydroxyl groups is 1. The molecular weight excluding hydrogens is 180 g/mol. The van der Waals surface area contributed by atoms with E-state index in [1.807, 2.05) is 11.9 Å². The smallest absolute Gasteiger partial charge is 0.146 e. The summed E-state index contributed by atoms with van der Waals surface area (Å²) in [6.07, 6.45) is 2.93. The monoisotopic (exact) mass is 196 g/mol. The molecule has 0 saturated carbocycles. The van der Waals surface area contributed by atoms with Crippen LogP contribution in [0.25, 0.3) is 0 Å². The fraction of sp³-hybridized carbons (Fsp3) is 0.556. The number of nitrogens with zero attached hydrogens (tertiary/aromatic N) is 3. The summed E-state index contributed by atoms with van der Waals surface area (Å²) in [5.74, 6) is 0.739. The predicted molar refractivity (Wildman–Crippen MR) is 54.9 cm³/mol. The molecule has 0 aromatic carbocycles. The molecule has 5 nitrogen and oxygen atoms in total. The molecule has 14 heavy (non-hydrogen) atoms. The van der Waals surface area contributed by atoms with Crippen molar-refractivity contribution < 1.29 is 5.11 Å². The molecule has 1 atom stereocenters. The second-order valence-corrected chi connectivity index (χ2v) is 3.30. The average Bonchev–Trinajstić information content (AvgIpc) is 2.17. The third kappa shape index (κ3) is 2.93. The van der Waals surface area contributed by atoms with E-state index in [4.69, 9.17) is 5.73 Å². The minimum atomic E-state index is -0.379. The minimum Gasteiger partial charge on any atom is -0.392 e. The maximum absolute atomic E-state index is 9.18. The molecule has 0 saturated heterocycles. The van der Waals surface area contributed by atoms with Gasteiger partial charge in [0.25, 0.3) is 0 Å². The van der Waals surface area contributed by atoms with Crippen molar-refractivity contribution in [3.8, 4) is 0 Å². The maximum Gasteiger partial charge on any atom is 0.146 e. The summed E-state index contributed by atoms with van der Waals surface area (Å²) in [4.78, 5) is 10.1. The van der Waals surface area contributed by atoms with Gasteiger partial charge >= 0.3 is 0 Å². The molecule has 0 aliphatic carbocycles. The van der Waals surface area contributed by atoms with Crippen molar-refractivity contribution in [2.75, 3.05) is 18.5 Å². The van der Waals surface area contributed by atoms with Crippen molar-refractivity contribution >= 4 is 5.82 Å². The van der Waals surface area contributed by atoms with Crippen LogP contribution < -0.4 is 10.6 Å². The summed E-state index contributed by atoms with van der Waals surface area (Å²) < 4.78 is 0. The van der Waals surface area contributed by atoms with Gasteiger partial charge in [0, 0.05) is 20.1 Å². The zero-order valence-electron chi connectivity index (χ0n) is 8.51. The van der Waals surface area contributed by atoms with E-state index in [9.17, 15) is 5.11 Å². The van der Waals surface area contributed by atoms with E-state index in [0.29, 0.717) is 13.1 Å². The van der Waals surface area contributed by atoms with Crippen molar-refractivity contribution in [2.24, 2.45) is 5.73 Å². The van der Waals surface area contributed by atoms with Gasteiger partial charge in [-0.05, 0) is 6.92 Å². The van der Waals surface area contributed by atoms with Crippen LogP contribution >= 0.6 is 0 Å². The molecule has 0 aliphatic rings. The largest absolute Gasteiger partial charge is 0.392 e. The fourth-order valence-corrected chi connectivity index (χ4v) is 1.14. The van der Waals surface area contributed by atoms with Crippen LogP contribution in [0.2, 0.25) is 0 Å². The molecule has 1 aromatic heterocycles. The first-order valence-electron chi connectivity index (χ1n) is 4.53. The molecule has 3 N–H and O–H groups in total. The van der Waals surface area contributed by atoms with Crippen molar-refractivity contribution in [1.29, 1.82) is 0 Å². The minimum absolute atomic E-state index is 0.379. The summed E-state index contributed by atoms with van der Waals surface area (Å²) in [5.41, 5.74) is 6.16. The van der Waals surface area contributed by atoms with Gasteiger partial charge < -0.3 is 15.7 Å². The van der Waals surface area contributed by atoms with Crippen molar-refractivity contribution in [3.63, 3.8) is 0 Å². The maximum atomic E-state index is 9.18. The number of hydrogen-bond donors (Lipinski definition) is 2. The molecule has 1 aromatic rings. The van der Waals surface area contributed by atoms with E-state index in [2.05, 4.69) is 9.97 Å². The second-order valence-electron chi connectivity index (χ2n) is 3.30. The standard InChI is InChI=1S/C9H16N4O/c1-7(14)6-13(2)9-5-11-8(3-10)4-12-9/h4-5,7,14H,3,6,10H2,1-2H3. The SMILES string of the molecule is CC(O)CN(C)c1cnc(CN)cn1. The highest BCUT2D eigenvalue weighted by atomic mass is 16.3. The number of likely N-dealkylation sites (N-methyl/N-ethyl adjacent to an activating group) is 1. The van der Waals surface area contributed by atoms with Gasteiger partial charge in [-0.1, -0.05) is 0 Å². The van der Waals surface area contributed by atoms with E-state index < -0.39 is 0 Å². The number of hydrogen-bond acceptors (Lipinski definition) is 5. The van der Waals surface area contributed by atoms with Gasteiger partial charge in [-0.15, -0.1) is 0 Å². The molecule has 0 amide bonds. The van der Waals surface area contributed by atoms with Crippen LogP contribution in [0.3, 0.4) is 0 Å². The lowest BCUT2D eigenvalue weighted by Gasteiger charge is -2.19. The lowest BCUT2D eigenvalue weighted by molar-refractivity contribution is 0.201. The highest BCUT2D eigenvalue weighted by molar-refractivity contribution is 5.34. The molecule has 0 spiro atoms. The summed E-state index contributed by atoms with van der Waals surface area (Å²) in [6, 6.07) is 0. The van der Waals surface area contributed by atoms with Crippen molar-refractivity contribution in [3.05, 3.63) is 18.1 Å². The van der Waals surface area contributed by atoms with E-state index in [1.165, 1.54) is 0 Å². The van der Waals surface area contributed by atoms with Crippen LogP contribution in [0.15, 0.2) is 12.4 Å². The summed E-state index contributed by atoms with van der Waals surface area (Å²) in [7, 11) is 1.86. The van der Waals surface area contributed by atoms with Crippen molar-refractivity contribution in [2.45, 2.75) is 19.6 Å². The molecule has 0 aliphatic heterocycles. The van der Waals surface area contributed by atoms with Gasteiger partial charge in [0.1, 0.15) is 5.82 Å². The first kappa shape index (κ1) is 10.9. The topological polar surface area (TPSA) is 75.3 Å². The average molecular weight is 196 g/mol. The number of nitrogens with two attached hydrogens (primary N) is 1. The van der Waals surface area contributed by atoms with Gasteiger partial charge in [-0.3, -0.25) is 4.98 Å². The molecule has 5 heteroatoms. The Morgan fingerprint density at radius 2 is 2.21 bits per heavy atom. The zero-order valence-corrected chi connectivity index (χ0v) is 8.51. The lowest BCUT2D eigenvalue weighted by Crippen LogP contribution is -2.27. The number of anilines is 1. The first-order valence-corrected chi connectivity index (χ1v) is 4.53. The summed E-state index contributed by atoms with van der Waals surface area (Å²) in [6.45, 7) is 2.67. The Kier molecular flexibility index (Phi) is 3.79. The van der Waals surface area contributed by atoms with E-state index in [0.717, 1.165) is 11.5 Å². The Labute approximate surface area is 83.6 Å². The van der Waals surface area contributed by atoms with Crippen LogP contribution in [0.1, 0.15) is 12.6 Å². The molecule has 1 rings (SSSR count). The Morgan fingerprint density at radius 3 is 2.64 bits per heavy atom. The third-order valence-corrected chi connectivity index (χ3v) is 1.83. The Hall–Kier alpha value is -1.20. The highest BCUT2D eigenvalue weighted by Crippen LogP contribution is 2.06. The molecule has 78 valence electrons. The lowest BCUT2D eigenvalue weighted by atomic mass is 10.4. The second kappa shape index (κ2) is 4.88. The fourth-order valence-electron chi connectivity index (χ4n) is 1.14. The molecular formula is C9H16N4O. The Bertz CT molecular complexity index is 273. The quantitative estimate of drug-likeness (QED) is 0.694. The molecule has 1 heterocycles. The summed E-state index contributed by atoms with van der Waals surface area (Å²) >= 11 is 0. The number of aromatic nitrogens is 2. The predicted octanol–water partition coefficient (Wildman–Crippen LogP) is -0.248. The number of aliphatic hydroxyl groups excluding tert-OH is 1. The van der Waals surface area contributed by atoms with E-state index in [-0.39, 0.29) is 6.10 Å². The Balaban J connectivity index is 2.66. The van der Waals surface area contributed by atoms with Gasteiger partial charge in [0.15, 0.2) is 0 Å². The first-order chi connectivity index (χ1) is 6.63. The van der Waals surface area contributed by atoms with Crippen LogP contribution in [0.5, 0.6) is 0 Å². The van der Waals surface area contributed by atoms with E-state index in [1.54, 1.807) is 19.3 Å². The van der Waals surface area contributed by atoms with Crippen molar-refractivity contribution in [1.82, 2.24) is 9.97 Å². The van der Waals surface area contributed by atoms with Gasteiger partial charge in [-0.2, -0.15) is 0 Å². The number of rotatable bonds is 4. The normalized spacial score (nSPS) is 12.6. The van der Waals surface area contributed by atoms with Gasteiger partial charge in [0.2, 0.25) is 0 Å². The van der Waals surface area contributed by atoms with Crippen LogP contribution in [-0.2, 0) is 6.54 Å². The van der Waals surface area contributed by atoms with Gasteiger partial charge in [-0.25, -0.2) is 4.98 Å². The highest BCUT2D eigenvalue weighted by Gasteiger charge is 2.05. The van der Waals surface area contributed by atoms with Crippen LogP contribution in [0.4, 0.5) is 5.82 Å². The third-order valence-electron chi connectivity index (χ3n) is 1.83. The van der Waals surface area contributed by atoms with Gasteiger partial charge in [0.05, 0.1) is 24.2 Å². The molecule has 0 fully saturated rings. The molecule has 0 radical (unpaired) electrons. The zero-order chi connectivity index (χ0) is 10.6. The summed E-state index contributed by atoms with van der Waals surface area (Å²) in [5, 5.41) is 9.18. The van der Waals surface area contributed by atoms with Crippen LogP contribution in [-0.4, -0.2) is 34.8 Å².